The minimum atomic E-state index is -0.747. The van der Waals surface area contributed by atoms with Crippen molar-refractivity contribution in [2.24, 2.45) is 50.2 Å². The van der Waals surface area contributed by atoms with Gasteiger partial charge in [0.1, 0.15) is 24.9 Å². The number of rotatable bonds is 5. The van der Waals surface area contributed by atoms with Crippen LogP contribution < -0.4 is 0 Å². The van der Waals surface area contributed by atoms with E-state index in [0.717, 1.165) is 44.9 Å². The van der Waals surface area contributed by atoms with Gasteiger partial charge in [-0.1, -0.05) is 60.1 Å². The van der Waals surface area contributed by atoms with Gasteiger partial charge in [-0.25, -0.2) is 0 Å². The summed E-state index contributed by atoms with van der Waals surface area (Å²) in [6, 6.07) is 0. The number of hydrogen-bond donors (Lipinski definition) is 0. The predicted molar refractivity (Wildman–Crippen MR) is 173 cm³/mol. The first-order valence-corrected chi connectivity index (χ1v) is 17.5. The van der Waals surface area contributed by atoms with E-state index in [1.165, 1.54) is 33.3 Å². The summed E-state index contributed by atoms with van der Waals surface area (Å²) in [6.45, 7) is 22.1. The van der Waals surface area contributed by atoms with Gasteiger partial charge in [-0.2, -0.15) is 0 Å². The first-order chi connectivity index (χ1) is 21.2. The zero-order chi connectivity index (χ0) is 34.3. The maximum Gasteiger partial charge on any atom is 0.303 e. The minimum Gasteiger partial charge on any atom is -0.465 e. The molecule has 8 nitrogen and oxygen atoms in total. The second-order valence-corrected chi connectivity index (χ2v) is 17.6. The summed E-state index contributed by atoms with van der Waals surface area (Å²) < 4.78 is 23.9. The Hall–Kier alpha value is -2.38. The molecule has 0 amide bonds. The van der Waals surface area contributed by atoms with Crippen LogP contribution in [0, 0.1) is 50.2 Å². The van der Waals surface area contributed by atoms with Crippen molar-refractivity contribution in [2.75, 3.05) is 6.61 Å². The van der Waals surface area contributed by atoms with Crippen molar-refractivity contribution >= 4 is 23.9 Å². The highest BCUT2D eigenvalue weighted by molar-refractivity contribution is 5.68. The van der Waals surface area contributed by atoms with Crippen molar-refractivity contribution in [1.82, 2.24) is 0 Å². The molecule has 258 valence electrons. The third-order valence-corrected chi connectivity index (χ3v) is 14.4. The number of fused-ring (bicyclic) bond motifs is 7. The molecule has 0 spiro atoms. The Morgan fingerprint density at radius 3 is 1.91 bits per heavy atom. The molecule has 4 saturated carbocycles. The lowest BCUT2D eigenvalue weighted by Crippen LogP contribution is -2.69. The highest BCUT2D eigenvalue weighted by Crippen LogP contribution is 2.76. The number of hydrogen-bond acceptors (Lipinski definition) is 8. The van der Waals surface area contributed by atoms with Crippen molar-refractivity contribution in [2.45, 2.75) is 146 Å². The maximum absolute atomic E-state index is 12.7. The van der Waals surface area contributed by atoms with Crippen LogP contribution in [0.1, 0.15) is 128 Å². The fourth-order valence-corrected chi connectivity index (χ4v) is 12.1. The molecule has 10 atom stereocenters. The van der Waals surface area contributed by atoms with Gasteiger partial charge in [-0.15, -0.1) is 0 Å². The van der Waals surface area contributed by atoms with Crippen LogP contribution in [0.3, 0.4) is 0 Å². The summed E-state index contributed by atoms with van der Waals surface area (Å²) >= 11 is 0. The molecule has 8 heteroatoms. The molecule has 0 aromatic carbocycles. The summed E-state index contributed by atoms with van der Waals surface area (Å²) in [4.78, 5) is 49.4. The molecular formula is C38H58O8. The molecule has 0 aliphatic heterocycles. The summed E-state index contributed by atoms with van der Waals surface area (Å²) in [5.74, 6) is -0.542. The predicted octanol–water partition coefficient (Wildman–Crippen LogP) is 7.37. The van der Waals surface area contributed by atoms with Gasteiger partial charge >= 0.3 is 23.9 Å². The van der Waals surface area contributed by atoms with Gasteiger partial charge in [-0.05, 0) is 85.4 Å². The Kier molecular flexibility index (Phi) is 8.63. The van der Waals surface area contributed by atoms with Gasteiger partial charge in [0, 0.05) is 38.5 Å². The monoisotopic (exact) mass is 642 g/mol. The van der Waals surface area contributed by atoms with Gasteiger partial charge < -0.3 is 18.9 Å². The zero-order valence-corrected chi connectivity index (χ0v) is 30.2. The van der Waals surface area contributed by atoms with Crippen molar-refractivity contribution in [3.8, 4) is 0 Å². The molecule has 5 aliphatic rings. The molecule has 10 unspecified atom stereocenters. The Morgan fingerprint density at radius 2 is 1.33 bits per heavy atom. The third kappa shape index (κ3) is 5.14. The first-order valence-electron chi connectivity index (χ1n) is 17.5. The lowest BCUT2D eigenvalue weighted by molar-refractivity contribution is -0.243. The maximum atomic E-state index is 12.7. The largest absolute Gasteiger partial charge is 0.465 e. The van der Waals surface area contributed by atoms with E-state index < -0.39 is 35.0 Å². The molecule has 46 heavy (non-hydrogen) atoms. The fraction of sp³-hybridized carbons (Fsp3) is 0.842. The van der Waals surface area contributed by atoms with Crippen LogP contribution >= 0.6 is 0 Å². The van der Waals surface area contributed by atoms with E-state index >= 15 is 0 Å². The van der Waals surface area contributed by atoms with Crippen molar-refractivity contribution in [1.29, 1.82) is 0 Å². The normalized spacial score (nSPS) is 43.7. The van der Waals surface area contributed by atoms with Crippen LogP contribution in [0.5, 0.6) is 0 Å². The lowest BCUT2D eigenvalue weighted by Gasteiger charge is -2.72. The summed E-state index contributed by atoms with van der Waals surface area (Å²) in [5, 5.41) is 0. The van der Waals surface area contributed by atoms with Crippen molar-refractivity contribution in [3.63, 3.8) is 0 Å². The van der Waals surface area contributed by atoms with Crippen LogP contribution in [0.4, 0.5) is 0 Å². The van der Waals surface area contributed by atoms with Crippen LogP contribution in [-0.4, -0.2) is 48.8 Å². The number of carbonyl (C=O) groups is 4. The standard InChI is InChI=1S/C38H58O8/c1-22(39)43-21-38-19-18-36(10)26(27(38)20-33(5,6)31(45-24(3)41)32(38)46-25(4)42)12-13-29-35(9)16-15-30(44-23(2)40)34(7,8)28(35)14-17-37(29,36)11/h12,27-32H,13-21H2,1-11H3. The smallest absolute Gasteiger partial charge is 0.303 e. The Bertz CT molecular complexity index is 1310. The molecule has 0 aromatic rings. The van der Waals surface area contributed by atoms with Crippen LogP contribution in [0.25, 0.3) is 0 Å². The van der Waals surface area contributed by atoms with Gasteiger partial charge in [-0.3, -0.25) is 19.2 Å². The Morgan fingerprint density at radius 1 is 0.717 bits per heavy atom. The molecule has 5 rings (SSSR count). The molecule has 0 bridgehead atoms. The molecule has 0 aromatic heterocycles. The highest BCUT2D eigenvalue weighted by atomic mass is 16.6. The van der Waals surface area contributed by atoms with E-state index in [0.29, 0.717) is 18.3 Å². The molecule has 0 N–H and O–H groups in total. The second-order valence-electron chi connectivity index (χ2n) is 17.6. The van der Waals surface area contributed by atoms with Gasteiger partial charge in [0.05, 0.1) is 5.41 Å². The summed E-state index contributed by atoms with van der Waals surface area (Å²) in [7, 11) is 0. The van der Waals surface area contributed by atoms with Crippen LogP contribution in [0.15, 0.2) is 11.6 Å². The number of esters is 4. The Labute approximate surface area is 276 Å². The number of ether oxygens (including phenoxy) is 4. The van der Waals surface area contributed by atoms with Crippen LogP contribution in [0.2, 0.25) is 0 Å². The zero-order valence-electron chi connectivity index (χ0n) is 30.2. The third-order valence-electron chi connectivity index (χ3n) is 14.4. The Balaban J connectivity index is 1.61. The quantitative estimate of drug-likeness (QED) is 0.174. The molecule has 5 aliphatic carbocycles. The van der Waals surface area contributed by atoms with E-state index in [2.05, 4.69) is 54.5 Å². The molecule has 0 heterocycles. The molecular weight excluding hydrogens is 584 g/mol. The van der Waals surface area contributed by atoms with E-state index in [9.17, 15) is 19.2 Å². The summed E-state index contributed by atoms with van der Waals surface area (Å²) in [6.07, 6.45) is 8.32. The SMILES string of the molecule is CC(=O)OCC12CCC3(C)C(=CCC4C5(C)CCC(OC(C)=O)C(C)(C)C5CCC43C)C1CC(C)(C)C(OC(C)=O)C2OC(C)=O. The van der Waals surface area contributed by atoms with Crippen molar-refractivity contribution < 1.29 is 38.1 Å². The van der Waals surface area contributed by atoms with E-state index in [1.54, 1.807) is 0 Å². The average Bonchev–Trinajstić information content (AvgIpc) is 2.91. The number of carbonyl (C=O) groups excluding carboxylic acids is 4. The highest BCUT2D eigenvalue weighted by Gasteiger charge is 2.71. The molecule has 4 fully saturated rings. The molecule has 0 saturated heterocycles. The molecule has 0 radical (unpaired) electrons. The first kappa shape index (κ1) is 34.9. The lowest BCUT2D eigenvalue weighted by atomic mass is 9.33. The van der Waals surface area contributed by atoms with Gasteiger partial charge in [0.2, 0.25) is 0 Å². The van der Waals surface area contributed by atoms with Crippen molar-refractivity contribution in [3.05, 3.63) is 11.6 Å². The van der Waals surface area contributed by atoms with Gasteiger partial charge in [0.25, 0.3) is 0 Å². The average molecular weight is 643 g/mol. The van der Waals surface area contributed by atoms with E-state index in [1.807, 2.05) is 0 Å². The van der Waals surface area contributed by atoms with Crippen LogP contribution in [-0.2, 0) is 38.1 Å². The van der Waals surface area contributed by atoms with E-state index in [4.69, 9.17) is 18.9 Å². The fourth-order valence-electron chi connectivity index (χ4n) is 12.1. The second kappa shape index (κ2) is 11.4. The van der Waals surface area contributed by atoms with Gasteiger partial charge in [0.15, 0.2) is 0 Å². The minimum absolute atomic E-state index is 0.0174. The topological polar surface area (TPSA) is 105 Å². The van der Waals surface area contributed by atoms with E-state index in [-0.39, 0.29) is 52.2 Å². The summed E-state index contributed by atoms with van der Waals surface area (Å²) in [5.41, 5.74) is 0.0719. The number of allylic oxidation sites excluding steroid dienone is 2.